The fraction of sp³-hybridized carbons (Fsp3) is 0.455. The van der Waals surface area contributed by atoms with Gasteiger partial charge in [-0.2, -0.15) is 0 Å². The van der Waals surface area contributed by atoms with Gasteiger partial charge in [-0.15, -0.1) is 0 Å². The fourth-order valence-electron chi connectivity index (χ4n) is 1.39. The van der Waals surface area contributed by atoms with Crippen LogP contribution in [-0.2, 0) is 13.8 Å². The van der Waals surface area contributed by atoms with Gasteiger partial charge in [-0.05, 0) is 38.5 Å². The van der Waals surface area contributed by atoms with Gasteiger partial charge in [-0.3, -0.25) is 0 Å². The third-order valence-electron chi connectivity index (χ3n) is 2.11. The molecule has 90 valence electrons. The number of ether oxygens (including phenoxy) is 1. The molecule has 0 unspecified atom stereocenters. The summed E-state index contributed by atoms with van der Waals surface area (Å²) < 4.78 is 27.6. The van der Waals surface area contributed by atoms with Crippen molar-refractivity contribution in [2.45, 2.75) is 37.9 Å². The monoisotopic (exact) mass is 262 g/mol. The Morgan fingerprint density at radius 1 is 1.12 bits per heavy atom. The van der Waals surface area contributed by atoms with Gasteiger partial charge in [0.1, 0.15) is 0 Å². The van der Waals surface area contributed by atoms with Crippen molar-refractivity contribution in [3.8, 4) is 0 Å². The van der Waals surface area contributed by atoms with Crippen LogP contribution in [0.2, 0.25) is 0 Å². The molecule has 0 aliphatic rings. The molecule has 0 bridgehead atoms. The van der Waals surface area contributed by atoms with Gasteiger partial charge in [0.2, 0.25) is 0 Å². The summed E-state index contributed by atoms with van der Waals surface area (Å²) >= 11 is 0. The van der Waals surface area contributed by atoms with E-state index in [1.54, 1.807) is 12.1 Å². The van der Waals surface area contributed by atoms with Gasteiger partial charge in [0, 0.05) is 10.7 Å². The Morgan fingerprint density at radius 3 is 2.00 bits per heavy atom. The van der Waals surface area contributed by atoms with E-state index in [1.807, 2.05) is 20.8 Å². The van der Waals surface area contributed by atoms with Crippen molar-refractivity contribution in [3.05, 3.63) is 29.8 Å². The zero-order valence-corrected chi connectivity index (χ0v) is 11.0. The Hall–Kier alpha value is -0.580. The van der Waals surface area contributed by atoms with E-state index in [1.165, 1.54) is 12.1 Å². The van der Waals surface area contributed by atoms with Crippen LogP contribution in [0.1, 0.15) is 32.4 Å². The molecule has 0 aliphatic carbocycles. The third kappa shape index (κ3) is 3.77. The Labute approximate surface area is 101 Å². The second-order valence-corrected chi connectivity index (χ2v) is 6.40. The summed E-state index contributed by atoms with van der Waals surface area (Å²) in [4.78, 5) is 0.106. The van der Waals surface area contributed by atoms with E-state index in [0.29, 0.717) is 0 Å². The number of rotatable bonds is 4. The molecule has 0 heterocycles. The minimum Gasteiger partial charge on any atom is -0.371 e. The maximum atomic E-state index is 11.0. The van der Waals surface area contributed by atoms with Gasteiger partial charge in [-0.25, -0.2) is 8.42 Å². The van der Waals surface area contributed by atoms with Crippen LogP contribution in [0.3, 0.4) is 0 Å². The standard InChI is InChI=1S/C11H15ClO3S/c1-8(2)15-9(3)10-4-6-11(7-5-10)16(12,13)14/h4-9H,1-3H3/t9-/m1/s1. The van der Waals surface area contributed by atoms with Crippen molar-refractivity contribution in [2.24, 2.45) is 0 Å². The molecule has 5 heteroatoms. The van der Waals surface area contributed by atoms with E-state index in [4.69, 9.17) is 15.4 Å². The second kappa shape index (κ2) is 5.17. The second-order valence-electron chi connectivity index (χ2n) is 3.83. The molecule has 0 amide bonds. The molecule has 0 radical (unpaired) electrons. The maximum absolute atomic E-state index is 11.0. The average molecular weight is 263 g/mol. The number of hydrogen-bond acceptors (Lipinski definition) is 3. The lowest BCUT2D eigenvalue weighted by atomic mass is 10.1. The third-order valence-corrected chi connectivity index (χ3v) is 3.48. The molecule has 0 saturated heterocycles. The van der Waals surface area contributed by atoms with Crippen LogP contribution < -0.4 is 0 Å². The van der Waals surface area contributed by atoms with E-state index < -0.39 is 9.05 Å². The first-order valence-corrected chi connectivity index (χ1v) is 7.31. The Morgan fingerprint density at radius 2 is 1.62 bits per heavy atom. The molecule has 0 aromatic heterocycles. The first-order chi connectivity index (χ1) is 7.30. The van der Waals surface area contributed by atoms with Crippen molar-refractivity contribution in [3.63, 3.8) is 0 Å². The minimum absolute atomic E-state index is 0.0629. The lowest BCUT2D eigenvalue weighted by Crippen LogP contribution is -2.07. The van der Waals surface area contributed by atoms with Crippen LogP contribution in [-0.4, -0.2) is 14.5 Å². The van der Waals surface area contributed by atoms with Crippen LogP contribution in [0.25, 0.3) is 0 Å². The van der Waals surface area contributed by atoms with Gasteiger partial charge in [0.25, 0.3) is 9.05 Å². The van der Waals surface area contributed by atoms with Crippen molar-refractivity contribution >= 4 is 19.7 Å². The maximum Gasteiger partial charge on any atom is 0.261 e. The summed E-state index contributed by atoms with van der Waals surface area (Å²) in [5.74, 6) is 0. The Kier molecular flexibility index (Phi) is 4.35. The van der Waals surface area contributed by atoms with Crippen LogP contribution in [0.4, 0.5) is 0 Å². The van der Waals surface area contributed by atoms with Crippen molar-refractivity contribution in [2.75, 3.05) is 0 Å². The number of hydrogen-bond donors (Lipinski definition) is 0. The molecule has 3 nitrogen and oxygen atoms in total. The molecular weight excluding hydrogens is 248 g/mol. The van der Waals surface area contributed by atoms with Gasteiger partial charge in [-0.1, -0.05) is 12.1 Å². The summed E-state index contributed by atoms with van der Waals surface area (Å²) in [5.41, 5.74) is 0.928. The Bertz CT molecular complexity index is 437. The van der Waals surface area contributed by atoms with Gasteiger partial charge >= 0.3 is 0 Å². The van der Waals surface area contributed by atoms with Crippen molar-refractivity contribution in [1.29, 1.82) is 0 Å². The highest BCUT2D eigenvalue weighted by atomic mass is 35.7. The molecule has 0 saturated carbocycles. The van der Waals surface area contributed by atoms with E-state index >= 15 is 0 Å². The van der Waals surface area contributed by atoms with Gasteiger partial charge in [0.15, 0.2) is 0 Å². The molecule has 0 aliphatic heterocycles. The summed E-state index contributed by atoms with van der Waals surface area (Å²) in [7, 11) is 1.58. The van der Waals surface area contributed by atoms with E-state index in [-0.39, 0.29) is 17.1 Å². The zero-order valence-electron chi connectivity index (χ0n) is 9.48. The minimum atomic E-state index is -3.64. The predicted molar refractivity (Wildman–Crippen MR) is 64.1 cm³/mol. The van der Waals surface area contributed by atoms with Crippen LogP contribution >= 0.6 is 10.7 Å². The highest BCUT2D eigenvalue weighted by Gasteiger charge is 2.12. The molecule has 16 heavy (non-hydrogen) atoms. The molecule has 0 spiro atoms. The van der Waals surface area contributed by atoms with Crippen molar-refractivity contribution in [1.82, 2.24) is 0 Å². The largest absolute Gasteiger partial charge is 0.371 e. The van der Waals surface area contributed by atoms with E-state index in [0.717, 1.165) is 5.56 Å². The smallest absolute Gasteiger partial charge is 0.261 e. The summed E-state index contributed by atoms with van der Waals surface area (Å²) in [5, 5.41) is 0. The average Bonchev–Trinajstić information content (AvgIpc) is 2.15. The van der Waals surface area contributed by atoms with E-state index in [9.17, 15) is 8.42 Å². The molecule has 0 N–H and O–H groups in total. The predicted octanol–water partition coefficient (Wildman–Crippen LogP) is 3.10. The van der Waals surface area contributed by atoms with Crippen LogP contribution in [0.5, 0.6) is 0 Å². The molecule has 0 fully saturated rings. The van der Waals surface area contributed by atoms with Crippen LogP contribution in [0, 0.1) is 0 Å². The first-order valence-electron chi connectivity index (χ1n) is 5.01. The summed E-state index contributed by atoms with van der Waals surface area (Å²) in [6.45, 7) is 5.83. The number of benzene rings is 1. The lowest BCUT2D eigenvalue weighted by Gasteiger charge is -2.16. The summed E-state index contributed by atoms with van der Waals surface area (Å²) in [6.07, 6.45) is 0.0681. The molecule has 1 atom stereocenters. The normalized spacial score (nSPS) is 14.1. The fourth-order valence-corrected chi connectivity index (χ4v) is 2.16. The van der Waals surface area contributed by atoms with Crippen molar-refractivity contribution < 1.29 is 13.2 Å². The van der Waals surface area contributed by atoms with Gasteiger partial charge in [0.05, 0.1) is 17.1 Å². The van der Waals surface area contributed by atoms with Gasteiger partial charge < -0.3 is 4.74 Å². The highest BCUT2D eigenvalue weighted by Crippen LogP contribution is 2.21. The molecule has 1 aromatic rings. The Balaban J connectivity index is 2.87. The quantitative estimate of drug-likeness (QED) is 0.783. The SMILES string of the molecule is CC(C)O[C@H](C)c1ccc(S(=O)(=O)Cl)cc1. The lowest BCUT2D eigenvalue weighted by molar-refractivity contribution is 0.0178. The molecular formula is C11H15ClO3S. The topological polar surface area (TPSA) is 43.4 Å². The van der Waals surface area contributed by atoms with Crippen LogP contribution in [0.15, 0.2) is 29.2 Å². The molecule has 1 aromatic carbocycles. The summed E-state index contributed by atoms with van der Waals surface area (Å²) in [6, 6.07) is 6.39. The first kappa shape index (κ1) is 13.5. The highest BCUT2D eigenvalue weighted by molar-refractivity contribution is 8.13. The zero-order chi connectivity index (χ0) is 12.3. The van der Waals surface area contributed by atoms with E-state index in [2.05, 4.69) is 0 Å². The molecule has 1 rings (SSSR count). The number of halogens is 1.